The van der Waals surface area contributed by atoms with E-state index in [0.717, 1.165) is 23.8 Å². The van der Waals surface area contributed by atoms with Crippen molar-refractivity contribution in [1.82, 2.24) is 24.4 Å². The van der Waals surface area contributed by atoms with Gasteiger partial charge in [0, 0.05) is 37.4 Å². The highest BCUT2D eigenvalue weighted by Crippen LogP contribution is 2.36. The molecule has 1 aromatic carbocycles. The number of amides is 1. The maximum absolute atomic E-state index is 15.0. The van der Waals surface area contributed by atoms with E-state index >= 15 is 0 Å². The van der Waals surface area contributed by atoms with Gasteiger partial charge in [0.25, 0.3) is 0 Å². The number of anilines is 1. The van der Waals surface area contributed by atoms with Crippen molar-refractivity contribution in [2.75, 3.05) is 24.5 Å². The minimum Gasteiger partial charge on any atom is -0.444 e. The predicted molar refractivity (Wildman–Crippen MR) is 167 cm³/mol. The molecule has 1 aliphatic heterocycles. The van der Waals surface area contributed by atoms with Crippen LogP contribution in [0.3, 0.4) is 0 Å². The molecule has 1 atom stereocenters. The number of pyridine rings is 2. The van der Waals surface area contributed by atoms with Crippen molar-refractivity contribution < 1.29 is 18.3 Å². The summed E-state index contributed by atoms with van der Waals surface area (Å²) in [5.74, 6) is -1.10. The molecule has 0 radical (unpaired) electrons. The molecule has 1 amide bonds. The molecule has 9 nitrogen and oxygen atoms in total. The molecule has 0 bridgehead atoms. The molecule has 1 fully saturated rings. The Balaban J connectivity index is 1.73. The fraction of sp³-hybridized carbons (Fsp3) is 0.406. The van der Waals surface area contributed by atoms with Crippen LogP contribution >= 0.6 is 11.6 Å². The van der Waals surface area contributed by atoms with E-state index in [9.17, 15) is 18.4 Å². The van der Waals surface area contributed by atoms with Crippen LogP contribution in [0.1, 0.15) is 58.7 Å². The van der Waals surface area contributed by atoms with Crippen molar-refractivity contribution in [3.63, 3.8) is 0 Å². The lowest BCUT2D eigenvalue weighted by Gasteiger charge is -2.41. The SMILES string of the molecule is Cc1ccnc(C(C)C)c1-n1c(=O)nc(N2CCN(C(=O)OC(C)(C)C)C[C@@H]2C)c2cc(Cl)c(-c3cc(F)ccc3F)nc21. The van der Waals surface area contributed by atoms with E-state index in [2.05, 4.69) is 9.97 Å². The number of rotatable bonds is 4. The standard InChI is InChI=1S/C32H35ClF2N6O3/c1-17(2)25-27(18(3)10-11-36-25)41-29-22(15-23(33)26(37-29)21-14-20(34)8-9-24(21)35)28(38-30(41)42)40-13-12-39(16-19(40)4)31(43)44-32(5,6)7/h8-11,14-15,17,19H,12-13,16H2,1-7H3/t19-/m0/s1. The van der Waals surface area contributed by atoms with Crippen LogP contribution in [0.15, 0.2) is 41.3 Å². The molecule has 232 valence electrons. The van der Waals surface area contributed by atoms with Crippen molar-refractivity contribution in [3.05, 3.63) is 74.9 Å². The van der Waals surface area contributed by atoms with E-state index in [-0.39, 0.29) is 33.9 Å². The second-order valence-corrected chi connectivity index (χ2v) is 12.8. The molecule has 5 rings (SSSR count). The van der Waals surface area contributed by atoms with Gasteiger partial charge in [0.15, 0.2) is 5.65 Å². The van der Waals surface area contributed by atoms with Gasteiger partial charge in [0.1, 0.15) is 23.1 Å². The van der Waals surface area contributed by atoms with Crippen molar-refractivity contribution in [1.29, 1.82) is 0 Å². The van der Waals surface area contributed by atoms with Gasteiger partial charge in [-0.2, -0.15) is 4.98 Å². The summed E-state index contributed by atoms with van der Waals surface area (Å²) in [5.41, 5.74) is 0.682. The van der Waals surface area contributed by atoms with Gasteiger partial charge in [-0.1, -0.05) is 25.4 Å². The third-order valence-corrected chi connectivity index (χ3v) is 7.75. The number of aryl methyl sites for hydroxylation is 1. The average Bonchev–Trinajstić information content (AvgIpc) is 2.93. The van der Waals surface area contributed by atoms with Gasteiger partial charge in [-0.25, -0.2) is 27.9 Å². The zero-order chi connectivity index (χ0) is 32.1. The minimum atomic E-state index is -0.712. The summed E-state index contributed by atoms with van der Waals surface area (Å²) in [6.07, 6.45) is 1.25. The second kappa shape index (κ2) is 11.8. The number of piperazine rings is 1. The summed E-state index contributed by atoms with van der Waals surface area (Å²) in [4.78, 5) is 44.2. The first-order valence-corrected chi connectivity index (χ1v) is 14.8. The molecular weight excluding hydrogens is 590 g/mol. The van der Waals surface area contributed by atoms with Gasteiger partial charge < -0.3 is 14.5 Å². The quantitative estimate of drug-likeness (QED) is 0.251. The summed E-state index contributed by atoms with van der Waals surface area (Å²) in [5, 5.41) is 0.493. The highest BCUT2D eigenvalue weighted by Gasteiger charge is 2.33. The fourth-order valence-electron chi connectivity index (χ4n) is 5.44. The number of carbonyl (C=O) groups excluding carboxylic acids is 1. The minimum absolute atomic E-state index is 0.0168. The number of hydrogen-bond donors (Lipinski definition) is 0. The summed E-state index contributed by atoms with van der Waals surface area (Å²) in [6.45, 7) is 14.1. The zero-order valence-electron chi connectivity index (χ0n) is 25.8. The average molecular weight is 625 g/mol. The molecule has 0 saturated carbocycles. The Bertz CT molecular complexity index is 1820. The van der Waals surface area contributed by atoms with Crippen molar-refractivity contribution in [3.8, 4) is 16.9 Å². The zero-order valence-corrected chi connectivity index (χ0v) is 26.5. The van der Waals surface area contributed by atoms with Crippen molar-refractivity contribution in [2.24, 2.45) is 0 Å². The van der Waals surface area contributed by atoms with Gasteiger partial charge in [0.05, 0.1) is 27.5 Å². The van der Waals surface area contributed by atoms with E-state index < -0.39 is 29.0 Å². The van der Waals surface area contributed by atoms with Crippen molar-refractivity contribution >= 4 is 34.5 Å². The van der Waals surface area contributed by atoms with Crippen LogP contribution < -0.4 is 10.6 Å². The smallest absolute Gasteiger partial charge is 0.410 e. The Labute approximate surface area is 259 Å². The molecule has 1 saturated heterocycles. The molecule has 44 heavy (non-hydrogen) atoms. The number of ether oxygens (including phenoxy) is 1. The van der Waals surface area contributed by atoms with Crippen LogP contribution in [0.4, 0.5) is 19.4 Å². The molecular formula is C32H35ClF2N6O3. The van der Waals surface area contributed by atoms with Crippen LogP contribution in [0.5, 0.6) is 0 Å². The monoisotopic (exact) mass is 624 g/mol. The number of aromatic nitrogens is 4. The third kappa shape index (κ3) is 5.97. The van der Waals surface area contributed by atoms with E-state index in [4.69, 9.17) is 21.3 Å². The van der Waals surface area contributed by atoms with Gasteiger partial charge >= 0.3 is 11.8 Å². The maximum atomic E-state index is 15.0. The third-order valence-electron chi connectivity index (χ3n) is 7.46. The highest BCUT2D eigenvalue weighted by atomic mass is 35.5. The lowest BCUT2D eigenvalue weighted by Crippen LogP contribution is -2.55. The summed E-state index contributed by atoms with van der Waals surface area (Å²) in [7, 11) is 0. The lowest BCUT2D eigenvalue weighted by molar-refractivity contribution is 0.0218. The first kappa shape index (κ1) is 31.3. The Morgan fingerprint density at radius 2 is 1.84 bits per heavy atom. The van der Waals surface area contributed by atoms with Gasteiger partial charge in [-0.3, -0.25) is 4.98 Å². The molecule has 12 heteroatoms. The molecule has 0 unspecified atom stereocenters. The number of fused-ring (bicyclic) bond motifs is 1. The Kier molecular flexibility index (Phi) is 8.37. The first-order chi connectivity index (χ1) is 20.7. The van der Waals surface area contributed by atoms with Crippen LogP contribution in [-0.2, 0) is 4.74 Å². The molecule has 1 aliphatic rings. The second-order valence-electron chi connectivity index (χ2n) is 12.4. The summed E-state index contributed by atoms with van der Waals surface area (Å²) < 4.78 is 36.2. The van der Waals surface area contributed by atoms with Crippen LogP contribution in [0, 0.1) is 18.6 Å². The molecule has 0 N–H and O–H groups in total. The Hall–Kier alpha value is -4.12. The predicted octanol–water partition coefficient (Wildman–Crippen LogP) is 6.65. The Morgan fingerprint density at radius 3 is 2.50 bits per heavy atom. The first-order valence-electron chi connectivity index (χ1n) is 14.5. The van der Waals surface area contributed by atoms with Gasteiger partial charge in [-0.15, -0.1) is 0 Å². The summed E-state index contributed by atoms with van der Waals surface area (Å²) in [6, 6.07) is 6.15. The fourth-order valence-corrected chi connectivity index (χ4v) is 5.70. The van der Waals surface area contributed by atoms with Crippen LogP contribution in [0.2, 0.25) is 5.02 Å². The highest BCUT2D eigenvalue weighted by molar-refractivity contribution is 6.33. The lowest BCUT2D eigenvalue weighted by atomic mass is 10.0. The molecule has 3 aromatic heterocycles. The van der Waals surface area contributed by atoms with E-state index in [1.54, 1.807) is 23.2 Å². The van der Waals surface area contributed by atoms with E-state index in [1.165, 1.54) is 4.57 Å². The van der Waals surface area contributed by atoms with E-state index in [0.29, 0.717) is 42.2 Å². The number of carbonyl (C=O) groups is 1. The molecule has 0 spiro atoms. The maximum Gasteiger partial charge on any atom is 0.410 e. The van der Waals surface area contributed by atoms with Crippen molar-refractivity contribution in [2.45, 2.75) is 66.0 Å². The molecule has 4 heterocycles. The molecule has 4 aromatic rings. The largest absolute Gasteiger partial charge is 0.444 e. The van der Waals surface area contributed by atoms with Crippen LogP contribution in [0.25, 0.3) is 28.0 Å². The van der Waals surface area contributed by atoms with Gasteiger partial charge in [-0.05, 0) is 76.4 Å². The molecule has 0 aliphatic carbocycles. The van der Waals surface area contributed by atoms with E-state index in [1.807, 2.05) is 53.4 Å². The van der Waals surface area contributed by atoms with Gasteiger partial charge in [0.2, 0.25) is 0 Å². The topological polar surface area (TPSA) is 93.5 Å². The summed E-state index contributed by atoms with van der Waals surface area (Å²) >= 11 is 6.72. The Morgan fingerprint density at radius 1 is 1.11 bits per heavy atom. The normalized spacial score (nSPS) is 15.8. The van der Waals surface area contributed by atoms with Crippen LogP contribution in [-0.4, -0.2) is 61.8 Å². The number of hydrogen-bond acceptors (Lipinski definition) is 7. The number of nitrogens with zero attached hydrogens (tertiary/aromatic N) is 6. The number of halogens is 3. The number of benzene rings is 1.